The van der Waals surface area contributed by atoms with E-state index in [1.165, 1.54) is 26.9 Å². The standard InChI is InChI=1S/C20H23N3O3S/c1-17-6-8-19(9-7-17)26-15-14-22-10-12-23(13-11-22)27(24,25)20-5-3-2-4-18(20)16-21/h2-9H,10-15H2,1H3/p+1. The van der Waals surface area contributed by atoms with Crippen molar-refractivity contribution in [3.8, 4) is 11.8 Å². The number of nitrogens with one attached hydrogen (secondary N) is 1. The Labute approximate surface area is 160 Å². The van der Waals surface area contributed by atoms with Gasteiger partial charge in [-0.15, -0.1) is 0 Å². The maximum atomic E-state index is 12.8. The largest absolute Gasteiger partial charge is 0.488 e. The summed E-state index contributed by atoms with van der Waals surface area (Å²) >= 11 is 0. The number of piperazine rings is 1. The van der Waals surface area contributed by atoms with Gasteiger partial charge in [-0.1, -0.05) is 29.8 Å². The molecule has 0 radical (unpaired) electrons. The van der Waals surface area contributed by atoms with Crippen LogP contribution in [0.5, 0.6) is 5.75 Å². The Hall–Kier alpha value is -2.40. The van der Waals surface area contributed by atoms with Crippen LogP contribution in [0.2, 0.25) is 0 Å². The van der Waals surface area contributed by atoms with E-state index in [-0.39, 0.29) is 10.5 Å². The number of benzene rings is 2. The topological polar surface area (TPSA) is 74.8 Å². The van der Waals surface area contributed by atoms with Gasteiger partial charge in [-0.05, 0) is 31.2 Å². The van der Waals surface area contributed by atoms with Gasteiger partial charge >= 0.3 is 0 Å². The quantitative estimate of drug-likeness (QED) is 0.798. The number of nitriles is 1. The molecule has 0 bridgehead atoms. The fourth-order valence-electron chi connectivity index (χ4n) is 3.16. The normalized spacial score (nSPS) is 16.0. The summed E-state index contributed by atoms with van der Waals surface area (Å²) < 4.78 is 32.9. The highest BCUT2D eigenvalue weighted by atomic mass is 32.2. The molecule has 0 amide bonds. The van der Waals surface area contributed by atoms with E-state index in [9.17, 15) is 13.7 Å². The van der Waals surface area contributed by atoms with Crippen molar-refractivity contribution >= 4 is 10.0 Å². The van der Waals surface area contributed by atoms with Crippen LogP contribution in [0.1, 0.15) is 11.1 Å². The number of hydrogen-bond donors (Lipinski definition) is 1. The van der Waals surface area contributed by atoms with Gasteiger partial charge in [0, 0.05) is 0 Å². The van der Waals surface area contributed by atoms with Gasteiger partial charge in [0.05, 0.1) is 36.6 Å². The van der Waals surface area contributed by atoms with E-state index in [1.807, 2.05) is 37.3 Å². The molecule has 2 aromatic carbocycles. The lowest BCUT2D eigenvalue weighted by molar-refractivity contribution is -0.903. The lowest BCUT2D eigenvalue weighted by Gasteiger charge is -2.31. The third-order valence-corrected chi connectivity index (χ3v) is 6.76. The van der Waals surface area contributed by atoms with Crippen molar-refractivity contribution in [3.63, 3.8) is 0 Å². The number of rotatable bonds is 6. The summed E-state index contributed by atoms with van der Waals surface area (Å²) in [7, 11) is -3.63. The summed E-state index contributed by atoms with van der Waals surface area (Å²) in [4.78, 5) is 1.42. The number of quaternary nitrogens is 1. The van der Waals surface area contributed by atoms with Crippen LogP contribution in [-0.2, 0) is 10.0 Å². The molecule has 27 heavy (non-hydrogen) atoms. The van der Waals surface area contributed by atoms with E-state index >= 15 is 0 Å². The number of hydrogen-bond acceptors (Lipinski definition) is 4. The second kappa shape index (κ2) is 8.53. The Morgan fingerprint density at radius 1 is 1.11 bits per heavy atom. The van der Waals surface area contributed by atoms with Crippen molar-refractivity contribution in [1.82, 2.24) is 4.31 Å². The average molecular weight is 386 g/mol. The first kappa shape index (κ1) is 19.4. The highest BCUT2D eigenvalue weighted by molar-refractivity contribution is 7.89. The van der Waals surface area contributed by atoms with Gasteiger partial charge < -0.3 is 9.64 Å². The maximum absolute atomic E-state index is 12.8. The zero-order chi connectivity index (χ0) is 19.3. The highest BCUT2D eigenvalue weighted by Crippen LogP contribution is 2.19. The van der Waals surface area contributed by atoms with Gasteiger partial charge in [0.25, 0.3) is 0 Å². The fraction of sp³-hybridized carbons (Fsp3) is 0.350. The molecule has 2 aromatic rings. The van der Waals surface area contributed by atoms with Crippen LogP contribution in [0.15, 0.2) is 53.4 Å². The van der Waals surface area contributed by atoms with Crippen LogP contribution in [0.3, 0.4) is 0 Å². The van der Waals surface area contributed by atoms with Crippen molar-refractivity contribution in [2.75, 3.05) is 39.3 Å². The van der Waals surface area contributed by atoms with Crippen molar-refractivity contribution in [1.29, 1.82) is 5.26 Å². The third kappa shape index (κ3) is 4.66. The summed E-state index contributed by atoms with van der Waals surface area (Å²) in [5.41, 5.74) is 1.39. The lowest BCUT2D eigenvalue weighted by Crippen LogP contribution is -3.15. The molecule has 1 aliphatic rings. The molecule has 1 heterocycles. The van der Waals surface area contributed by atoms with Crippen LogP contribution in [0.4, 0.5) is 0 Å². The molecule has 1 saturated heterocycles. The lowest BCUT2D eigenvalue weighted by atomic mass is 10.2. The molecule has 142 valence electrons. The predicted octanol–water partition coefficient (Wildman–Crippen LogP) is 0.835. The van der Waals surface area contributed by atoms with E-state index < -0.39 is 10.0 Å². The molecular formula is C20H24N3O3S+. The van der Waals surface area contributed by atoms with Gasteiger partial charge in [0.15, 0.2) is 0 Å². The van der Waals surface area contributed by atoms with Crippen molar-refractivity contribution in [3.05, 3.63) is 59.7 Å². The molecular weight excluding hydrogens is 362 g/mol. The maximum Gasteiger partial charge on any atom is 0.244 e. The molecule has 1 fully saturated rings. The smallest absolute Gasteiger partial charge is 0.244 e. The van der Waals surface area contributed by atoms with Gasteiger partial charge in [0.2, 0.25) is 10.0 Å². The Bertz CT molecular complexity index is 912. The molecule has 0 aliphatic carbocycles. The molecule has 0 spiro atoms. The molecule has 7 heteroatoms. The first-order valence-electron chi connectivity index (χ1n) is 9.03. The Morgan fingerprint density at radius 2 is 1.78 bits per heavy atom. The highest BCUT2D eigenvalue weighted by Gasteiger charge is 2.31. The summed E-state index contributed by atoms with van der Waals surface area (Å²) in [5, 5.41) is 9.18. The van der Waals surface area contributed by atoms with E-state index in [4.69, 9.17) is 4.74 Å². The minimum absolute atomic E-state index is 0.0960. The van der Waals surface area contributed by atoms with E-state index in [1.54, 1.807) is 12.1 Å². The van der Waals surface area contributed by atoms with Crippen LogP contribution in [0.25, 0.3) is 0 Å². The minimum Gasteiger partial charge on any atom is -0.488 e. The van der Waals surface area contributed by atoms with Gasteiger partial charge in [-0.3, -0.25) is 0 Å². The molecule has 0 saturated carbocycles. The Kier molecular flexibility index (Phi) is 6.11. The van der Waals surface area contributed by atoms with Crippen LogP contribution in [-0.4, -0.2) is 52.1 Å². The average Bonchev–Trinajstić information content (AvgIpc) is 2.70. The van der Waals surface area contributed by atoms with E-state index in [0.717, 1.165) is 25.4 Å². The van der Waals surface area contributed by atoms with Crippen molar-refractivity contribution in [2.45, 2.75) is 11.8 Å². The first-order valence-corrected chi connectivity index (χ1v) is 10.5. The summed E-state index contributed by atoms with van der Waals surface area (Å²) in [6.07, 6.45) is 0. The van der Waals surface area contributed by atoms with Gasteiger partial charge in [0.1, 0.15) is 25.0 Å². The second-order valence-electron chi connectivity index (χ2n) is 6.67. The van der Waals surface area contributed by atoms with Crippen LogP contribution in [0, 0.1) is 18.3 Å². The summed E-state index contributed by atoms with van der Waals surface area (Å²) in [6, 6.07) is 16.3. The summed E-state index contributed by atoms with van der Waals surface area (Å²) in [5.74, 6) is 0.856. The Balaban J connectivity index is 1.52. The molecule has 1 aliphatic heterocycles. The molecule has 0 aromatic heterocycles. The zero-order valence-electron chi connectivity index (χ0n) is 15.4. The summed E-state index contributed by atoms with van der Waals surface area (Å²) in [6.45, 7) is 5.82. The monoisotopic (exact) mass is 386 g/mol. The number of aryl methyl sites for hydroxylation is 1. The molecule has 6 nitrogen and oxygen atoms in total. The van der Waals surface area contributed by atoms with Crippen LogP contribution >= 0.6 is 0 Å². The van der Waals surface area contributed by atoms with Gasteiger partial charge in [-0.2, -0.15) is 9.57 Å². The molecule has 1 N–H and O–H groups in total. The third-order valence-electron chi connectivity index (χ3n) is 4.80. The van der Waals surface area contributed by atoms with Crippen molar-refractivity contribution < 1.29 is 18.1 Å². The van der Waals surface area contributed by atoms with Gasteiger partial charge in [-0.25, -0.2) is 8.42 Å². The number of ether oxygens (including phenoxy) is 1. The predicted molar refractivity (Wildman–Crippen MR) is 102 cm³/mol. The SMILES string of the molecule is Cc1ccc(OCC[NH+]2CCN(S(=O)(=O)c3ccccc3C#N)CC2)cc1. The first-order chi connectivity index (χ1) is 13.0. The fourth-order valence-corrected chi connectivity index (χ4v) is 4.75. The van der Waals surface area contributed by atoms with E-state index in [0.29, 0.717) is 19.7 Å². The minimum atomic E-state index is -3.63. The van der Waals surface area contributed by atoms with E-state index in [2.05, 4.69) is 0 Å². The zero-order valence-corrected chi connectivity index (χ0v) is 16.2. The molecule has 0 unspecified atom stereocenters. The van der Waals surface area contributed by atoms with Crippen LogP contribution < -0.4 is 9.64 Å². The Morgan fingerprint density at radius 3 is 2.44 bits per heavy atom. The molecule has 0 atom stereocenters. The molecule has 3 rings (SSSR count). The number of nitrogens with zero attached hydrogens (tertiary/aromatic N) is 2. The second-order valence-corrected chi connectivity index (χ2v) is 8.58. The van der Waals surface area contributed by atoms with Crippen molar-refractivity contribution in [2.24, 2.45) is 0 Å². The number of sulfonamides is 1.